The Morgan fingerprint density at radius 3 is 2.79 bits per heavy atom. The molecule has 2 N–H and O–H groups in total. The van der Waals surface area contributed by atoms with Gasteiger partial charge in [-0.15, -0.1) is 0 Å². The number of hydrogen-bond donors (Lipinski definition) is 3. The third kappa shape index (κ3) is 3.30. The van der Waals surface area contributed by atoms with Crippen LogP contribution in [-0.2, 0) is 11.2 Å². The second-order valence-electron chi connectivity index (χ2n) is 2.89. The first kappa shape index (κ1) is 10.9. The second-order valence-corrected chi connectivity index (χ2v) is 3.20. The van der Waals surface area contributed by atoms with Gasteiger partial charge in [0, 0.05) is 6.54 Å². The molecular weight excluding hydrogens is 198 g/mol. The number of phenols is 1. The predicted molar refractivity (Wildman–Crippen MR) is 58.7 cm³/mol. The first-order chi connectivity index (χ1) is 6.74. The van der Waals surface area contributed by atoms with Crippen LogP contribution in [0.2, 0.25) is 0 Å². The van der Waals surface area contributed by atoms with Gasteiger partial charge in [0.25, 0.3) is 0 Å². The fourth-order valence-corrected chi connectivity index (χ4v) is 1.23. The van der Waals surface area contributed by atoms with Crippen LogP contribution in [0.25, 0.3) is 0 Å². The first-order valence-corrected chi connectivity index (χ1v) is 5.01. The monoisotopic (exact) mass is 211 g/mol. The van der Waals surface area contributed by atoms with Crippen LogP contribution in [0.1, 0.15) is 5.56 Å². The average molecular weight is 211 g/mol. The molecule has 0 radical (unpaired) electrons. The summed E-state index contributed by atoms with van der Waals surface area (Å²) in [6.07, 6.45) is 0.631. The summed E-state index contributed by atoms with van der Waals surface area (Å²) in [5.41, 5.74) is 0.840. The van der Waals surface area contributed by atoms with Gasteiger partial charge in [0.2, 0.25) is 5.91 Å². The lowest BCUT2D eigenvalue weighted by atomic mass is 10.1. The summed E-state index contributed by atoms with van der Waals surface area (Å²) in [6, 6.07) is 7.10. The number of benzene rings is 1. The molecule has 0 aliphatic heterocycles. The molecule has 0 aliphatic rings. The Labute approximate surface area is 88.6 Å². The number of aromatic hydroxyl groups is 1. The van der Waals surface area contributed by atoms with Crippen LogP contribution in [0, 0.1) is 0 Å². The third-order valence-electron chi connectivity index (χ3n) is 1.85. The minimum Gasteiger partial charge on any atom is -0.508 e. The molecule has 0 saturated carbocycles. The Kier molecular flexibility index (Phi) is 4.32. The molecule has 1 aromatic carbocycles. The van der Waals surface area contributed by atoms with E-state index in [9.17, 15) is 9.90 Å². The van der Waals surface area contributed by atoms with Crippen molar-refractivity contribution >= 4 is 18.5 Å². The van der Waals surface area contributed by atoms with E-state index in [4.69, 9.17) is 0 Å². The number of nitrogens with one attached hydrogen (secondary N) is 1. The summed E-state index contributed by atoms with van der Waals surface area (Å²) in [4.78, 5) is 10.8. The topological polar surface area (TPSA) is 49.3 Å². The van der Waals surface area contributed by atoms with Crippen LogP contribution >= 0.6 is 12.6 Å². The smallest absolute Gasteiger partial charge is 0.229 e. The van der Waals surface area contributed by atoms with Crippen LogP contribution in [-0.4, -0.2) is 23.3 Å². The van der Waals surface area contributed by atoms with Crippen LogP contribution in [0.5, 0.6) is 5.75 Å². The van der Waals surface area contributed by atoms with E-state index in [2.05, 4.69) is 17.9 Å². The number of hydrogen-bond acceptors (Lipinski definition) is 3. The van der Waals surface area contributed by atoms with Crippen molar-refractivity contribution in [2.75, 3.05) is 12.3 Å². The van der Waals surface area contributed by atoms with Crippen molar-refractivity contribution in [1.82, 2.24) is 5.32 Å². The molecule has 0 saturated heterocycles. The van der Waals surface area contributed by atoms with Gasteiger partial charge < -0.3 is 10.4 Å². The number of thiol groups is 1. The van der Waals surface area contributed by atoms with Crippen molar-refractivity contribution < 1.29 is 9.90 Å². The van der Waals surface area contributed by atoms with Crippen molar-refractivity contribution in [1.29, 1.82) is 0 Å². The van der Waals surface area contributed by atoms with E-state index >= 15 is 0 Å². The molecule has 0 bridgehead atoms. The zero-order valence-electron chi connectivity index (χ0n) is 7.73. The summed E-state index contributed by atoms with van der Waals surface area (Å²) in [5.74, 6) is 0.372. The molecule has 3 nitrogen and oxygen atoms in total. The standard InChI is InChI=1S/C10H13NO2S/c12-9-4-2-1-3-8(9)5-6-11-10(13)7-14/h1-4,12,14H,5-7H2,(H,11,13). The van der Waals surface area contributed by atoms with E-state index in [1.165, 1.54) is 0 Å². The van der Waals surface area contributed by atoms with Gasteiger partial charge in [0.15, 0.2) is 0 Å². The minimum atomic E-state index is -0.0937. The zero-order chi connectivity index (χ0) is 10.4. The summed E-state index contributed by atoms with van der Waals surface area (Å²) in [5, 5.41) is 12.1. The molecule has 14 heavy (non-hydrogen) atoms. The molecule has 0 heterocycles. The molecule has 1 amide bonds. The van der Waals surface area contributed by atoms with E-state index in [0.717, 1.165) is 5.56 Å². The molecule has 1 aromatic rings. The maximum absolute atomic E-state index is 10.8. The first-order valence-electron chi connectivity index (χ1n) is 4.38. The highest BCUT2D eigenvalue weighted by Crippen LogP contribution is 2.15. The van der Waals surface area contributed by atoms with E-state index in [1.807, 2.05) is 12.1 Å². The van der Waals surface area contributed by atoms with E-state index in [-0.39, 0.29) is 17.4 Å². The number of rotatable bonds is 4. The number of phenolic OH excluding ortho intramolecular Hbond substituents is 1. The van der Waals surface area contributed by atoms with Crippen molar-refractivity contribution in [2.24, 2.45) is 0 Å². The Morgan fingerprint density at radius 2 is 2.14 bits per heavy atom. The largest absolute Gasteiger partial charge is 0.508 e. The average Bonchev–Trinajstić information content (AvgIpc) is 2.20. The molecule has 4 heteroatoms. The predicted octanol–water partition coefficient (Wildman–Crippen LogP) is 0.981. The third-order valence-corrected chi connectivity index (χ3v) is 2.14. The maximum Gasteiger partial charge on any atom is 0.229 e. The maximum atomic E-state index is 10.8. The minimum absolute atomic E-state index is 0.0937. The quantitative estimate of drug-likeness (QED) is 0.650. The van der Waals surface area contributed by atoms with Crippen LogP contribution < -0.4 is 5.32 Å². The van der Waals surface area contributed by atoms with E-state index in [0.29, 0.717) is 13.0 Å². The highest BCUT2D eigenvalue weighted by molar-refractivity contribution is 7.81. The summed E-state index contributed by atoms with van der Waals surface area (Å²) < 4.78 is 0. The fourth-order valence-electron chi connectivity index (χ4n) is 1.11. The lowest BCUT2D eigenvalue weighted by Gasteiger charge is -2.04. The van der Waals surface area contributed by atoms with E-state index in [1.54, 1.807) is 12.1 Å². The van der Waals surface area contributed by atoms with Crippen LogP contribution in [0.3, 0.4) is 0 Å². The molecule has 76 valence electrons. The molecule has 0 spiro atoms. The summed E-state index contributed by atoms with van der Waals surface area (Å²) in [7, 11) is 0. The Hall–Kier alpha value is -1.16. The molecule has 0 aromatic heterocycles. The molecular formula is C10H13NO2S. The van der Waals surface area contributed by atoms with E-state index < -0.39 is 0 Å². The molecule has 0 fully saturated rings. The molecule has 0 aliphatic carbocycles. The van der Waals surface area contributed by atoms with Crippen LogP contribution in [0.15, 0.2) is 24.3 Å². The van der Waals surface area contributed by atoms with Gasteiger partial charge in [0.05, 0.1) is 5.75 Å². The Balaban J connectivity index is 2.39. The van der Waals surface area contributed by atoms with Gasteiger partial charge in [-0.2, -0.15) is 12.6 Å². The Morgan fingerprint density at radius 1 is 1.43 bits per heavy atom. The fraction of sp³-hybridized carbons (Fsp3) is 0.300. The van der Waals surface area contributed by atoms with Crippen LogP contribution in [0.4, 0.5) is 0 Å². The summed E-state index contributed by atoms with van der Waals surface area (Å²) >= 11 is 3.83. The zero-order valence-corrected chi connectivity index (χ0v) is 8.63. The van der Waals surface area contributed by atoms with Crippen molar-refractivity contribution in [3.63, 3.8) is 0 Å². The summed E-state index contributed by atoms with van der Waals surface area (Å²) in [6.45, 7) is 0.525. The SMILES string of the molecule is O=C(CS)NCCc1ccccc1O. The highest BCUT2D eigenvalue weighted by atomic mass is 32.1. The number of para-hydroxylation sites is 1. The van der Waals surface area contributed by atoms with Gasteiger partial charge in [-0.3, -0.25) is 4.79 Å². The normalized spacial score (nSPS) is 9.79. The Bertz CT molecular complexity index is 315. The number of carbonyl (C=O) groups is 1. The molecule has 1 rings (SSSR count). The number of carbonyl (C=O) groups excluding carboxylic acids is 1. The van der Waals surface area contributed by atoms with Gasteiger partial charge >= 0.3 is 0 Å². The van der Waals surface area contributed by atoms with Gasteiger partial charge in [-0.05, 0) is 18.1 Å². The van der Waals surface area contributed by atoms with Crippen molar-refractivity contribution in [2.45, 2.75) is 6.42 Å². The molecule has 0 atom stereocenters. The molecule has 0 unspecified atom stereocenters. The lowest BCUT2D eigenvalue weighted by molar-refractivity contribution is -0.118. The van der Waals surface area contributed by atoms with Crippen molar-refractivity contribution in [3.8, 4) is 5.75 Å². The lowest BCUT2D eigenvalue weighted by Crippen LogP contribution is -2.26. The highest BCUT2D eigenvalue weighted by Gasteiger charge is 2.00. The van der Waals surface area contributed by atoms with Gasteiger partial charge in [0.1, 0.15) is 5.75 Å². The van der Waals surface area contributed by atoms with Crippen molar-refractivity contribution in [3.05, 3.63) is 29.8 Å². The number of amides is 1. The second kappa shape index (κ2) is 5.54. The van der Waals surface area contributed by atoms with Gasteiger partial charge in [-0.1, -0.05) is 18.2 Å². The van der Waals surface area contributed by atoms with Gasteiger partial charge in [-0.25, -0.2) is 0 Å².